The van der Waals surface area contributed by atoms with Crippen molar-refractivity contribution in [3.05, 3.63) is 29.8 Å². The third kappa shape index (κ3) is 5.28. The predicted molar refractivity (Wildman–Crippen MR) is 72.0 cm³/mol. The molecule has 5 nitrogen and oxygen atoms in total. The number of hydrogen-bond donors (Lipinski definition) is 2. The van der Waals surface area contributed by atoms with Gasteiger partial charge in [0.15, 0.2) is 0 Å². The molecule has 0 heterocycles. The number of carbonyl (C=O) groups excluding carboxylic acids is 1. The Labute approximate surface area is 113 Å². The molecule has 0 bridgehead atoms. The molecule has 0 aliphatic rings. The van der Waals surface area contributed by atoms with E-state index in [4.69, 9.17) is 14.6 Å². The Kier molecular flexibility index (Phi) is 6.92. The fraction of sp³-hybridized carbons (Fsp3) is 0.500. The van der Waals surface area contributed by atoms with E-state index in [0.29, 0.717) is 5.75 Å². The summed E-state index contributed by atoms with van der Waals surface area (Å²) in [6.07, 6.45) is 0.924. The van der Waals surface area contributed by atoms with E-state index in [1.165, 1.54) is 7.11 Å². The lowest BCUT2D eigenvalue weighted by Gasteiger charge is -2.17. The molecule has 2 N–H and O–H groups in total. The molecular formula is C14H21NO4. The van der Waals surface area contributed by atoms with Crippen LogP contribution in [0.15, 0.2) is 24.3 Å². The first-order valence-corrected chi connectivity index (χ1v) is 6.35. The largest absolute Gasteiger partial charge is 0.491 e. The van der Waals surface area contributed by atoms with Crippen LogP contribution in [-0.2, 0) is 16.1 Å². The summed E-state index contributed by atoms with van der Waals surface area (Å²) in [4.78, 5) is 11.6. The number of benzene rings is 1. The number of aliphatic hydroxyl groups is 1. The summed E-state index contributed by atoms with van der Waals surface area (Å²) in [7, 11) is 1.36. The first-order chi connectivity index (χ1) is 9.21. The molecule has 0 fully saturated rings. The van der Waals surface area contributed by atoms with Crippen molar-refractivity contribution in [3.8, 4) is 5.75 Å². The molecule has 1 aromatic rings. The SMILES string of the molecule is CCCNC(COc1cccc(CO)c1)C(=O)OC. The number of aliphatic hydroxyl groups excluding tert-OH is 1. The zero-order valence-electron chi connectivity index (χ0n) is 11.4. The van der Waals surface area contributed by atoms with Crippen molar-refractivity contribution < 1.29 is 19.4 Å². The molecule has 0 saturated carbocycles. The summed E-state index contributed by atoms with van der Waals surface area (Å²) >= 11 is 0. The maximum Gasteiger partial charge on any atom is 0.326 e. The highest BCUT2D eigenvalue weighted by Gasteiger charge is 2.18. The molecule has 0 aliphatic carbocycles. The van der Waals surface area contributed by atoms with Crippen molar-refractivity contribution in [3.63, 3.8) is 0 Å². The molecule has 1 atom stereocenters. The fourth-order valence-electron chi connectivity index (χ4n) is 1.58. The zero-order chi connectivity index (χ0) is 14.1. The van der Waals surface area contributed by atoms with E-state index in [9.17, 15) is 4.79 Å². The lowest BCUT2D eigenvalue weighted by Crippen LogP contribution is -2.42. The van der Waals surface area contributed by atoms with Crippen molar-refractivity contribution in [2.24, 2.45) is 0 Å². The van der Waals surface area contributed by atoms with Crippen molar-refractivity contribution in [1.29, 1.82) is 0 Å². The molecule has 0 spiro atoms. The van der Waals surface area contributed by atoms with Gasteiger partial charge in [0, 0.05) is 0 Å². The quantitative estimate of drug-likeness (QED) is 0.690. The van der Waals surface area contributed by atoms with Gasteiger partial charge < -0.3 is 19.9 Å². The van der Waals surface area contributed by atoms with Crippen molar-refractivity contribution in [2.45, 2.75) is 26.0 Å². The van der Waals surface area contributed by atoms with Gasteiger partial charge in [-0.15, -0.1) is 0 Å². The van der Waals surface area contributed by atoms with Crippen LogP contribution >= 0.6 is 0 Å². The smallest absolute Gasteiger partial charge is 0.326 e. The average Bonchev–Trinajstić information content (AvgIpc) is 2.46. The summed E-state index contributed by atoms with van der Waals surface area (Å²) in [5.41, 5.74) is 0.772. The van der Waals surface area contributed by atoms with E-state index in [-0.39, 0.29) is 19.2 Å². The van der Waals surface area contributed by atoms with Gasteiger partial charge in [-0.25, -0.2) is 0 Å². The van der Waals surface area contributed by atoms with Gasteiger partial charge in [-0.1, -0.05) is 19.1 Å². The van der Waals surface area contributed by atoms with Gasteiger partial charge in [-0.2, -0.15) is 0 Å². The van der Waals surface area contributed by atoms with Crippen LogP contribution in [0.1, 0.15) is 18.9 Å². The third-order valence-electron chi connectivity index (χ3n) is 2.62. The van der Waals surface area contributed by atoms with Crippen molar-refractivity contribution >= 4 is 5.97 Å². The number of ether oxygens (including phenoxy) is 2. The predicted octanol–water partition coefficient (Wildman–Crippen LogP) is 1.10. The summed E-state index contributed by atoms with van der Waals surface area (Å²) < 4.78 is 10.3. The molecule has 5 heteroatoms. The van der Waals surface area contributed by atoms with Gasteiger partial charge in [0.05, 0.1) is 13.7 Å². The Hall–Kier alpha value is -1.59. The van der Waals surface area contributed by atoms with E-state index in [1.807, 2.05) is 6.92 Å². The van der Waals surface area contributed by atoms with Crippen molar-refractivity contribution in [1.82, 2.24) is 5.32 Å². The monoisotopic (exact) mass is 267 g/mol. The summed E-state index contributed by atoms with van der Waals surface area (Å²) in [5.74, 6) is 0.283. The molecule has 0 amide bonds. The number of carbonyl (C=O) groups is 1. The Morgan fingerprint density at radius 2 is 2.26 bits per heavy atom. The molecular weight excluding hydrogens is 246 g/mol. The summed E-state index contributed by atoms with van der Waals surface area (Å²) in [6, 6.07) is 6.65. The minimum absolute atomic E-state index is 0.0360. The minimum Gasteiger partial charge on any atom is -0.491 e. The highest BCUT2D eigenvalue weighted by atomic mass is 16.5. The molecule has 1 rings (SSSR count). The number of nitrogens with one attached hydrogen (secondary N) is 1. The van der Waals surface area contributed by atoms with E-state index in [0.717, 1.165) is 18.5 Å². The van der Waals surface area contributed by atoms with Gasteiger partial charge in [-0.3, -0.25) is 4.79 Å². The van der Waals surface area contributed by atoms with E-state index >= 15 is 0 Å². The first-order valence-electron chi connectivity index (χ1n) is 6.35. The van der Waals surface area contributed by atoms with E-state index < -0.39 is 6.04 Å². The van der Waals surface area contributed by atoms with Crippen LogP contribution in [0, 0.1) is 0 Å². The molecule has 19 heavy (non-hydrogen) atoms. The molecule has 0 saturated heterocycles. The van der Waals surface area contributed by atoms with Crippen LogP contribution in [0.25, 0.3) is 0 Å². The topological polar surface area (TPSA) is 67.8 Å². The Morgan fingerprint density at radius 3 is 2.89 bits per heavy atom. The second-order valence-electron chi connectivity index (χ2n) is 4.15. The number of hydrogen-bond acceptors (Lipinski definition) is 5. The minimum atomic E-state index is -0.484. The number of methoxy groups -OCH3 is 1. The molecule has 0 radical (unpaired) electrons. The average molecular weight is 267 g/mol. The van der Waals surface area contributed by atoms with Crippen LogP contribution in [0.2, 0.25) is 0 Å². The van der Waals surface area contributed by atoms with E-state index in [1.54, 1.807) is 24.3 Å². The molecule has 0 aliphatic heterocycles. The van der Waals surface area contributed by atoms with Gasteiger partial charge in [0.25, 0.3) is 0 Å². The molecule has 106 valence electrons. The normalized spacial score (nSPS) is 11.9. The second kappa shape index (κ2) is 8.50. The number of esters is 1. The summed E-state index contributed by atoms with van der Waals surface area (Å²) in [5, 5.41) is 12.1. The van der Waals surface area contributed by atoms with Gasteiger partial charge in [-0.05, 0) is 30.7 Å². The molecule has 0 aromatic heterocycles. The standard InChI is InChI=1S/C14H21NO4/c1-3-7-15-13(14(17)18-2)10-19-12-6-4-5-11(8-12)9-16/h4-6,8,13,15-16H,3,7,9-10H2,1-2H3. The highest BCUT2D eigenvalue weighted by Crippen LogP contribution is 2.13. The lowest BCUT2D eigenvalue weighted by molar-refractivity contribution is -0.143. The third-order valence-corrected chi connectivity index (χ3v) is 2.62. The van der Waals surface area contributed by atoms with Crippen LogP contribution in [0.3, 0.4) is 0 Å². The van der Waals surface area contributed by atoms with Gasteiger partial charge in [0.2, 0.25) is 0 Å². The van der Waals surface area contributed by atoms with Crippen LogP contribution < -0.4 is 10.1 Å². The summed E-state index contributed by atoms with van der Waals surface area (Å²) in [6.45, 7) is 2.90. The van der Waals surface area contributed by atoms with Crippen LogP contribution in [0.4, 0.5) is 0 Å². The maximum atomic E-state index is 11.6. The molecule has 1 unspecified atom stereocenters. The van der Waals surface area contributed by atoms with Crippen LogP contribution in [0.5, 0.6) is 5.75 Å². The van der Waals surface area contributed by atoms with E-state index in [2.05, 4.69) is 5.32 Å². The maximum absolute atomic E-state index is 11.6. The second-order valence-corrected chi connectivity index (χ2v) is 4.15. The van der Waals surface area contributed by atoms with Gasteiger partial charge >= 0.3 is 5.97 Å². The Morgan fingerprint density at radius 1 is 1.47 bits per heavy atom. The Balaban J connectivity index is 2.56. The van der Waals surface area contributed by atoms with Crippen LogP contribution in [-0.4, -0.2) is 37.4 Å². The number of rotatable bonds is 8. The Bertz CT molecular complexity index is 395. The highest BCUT2D eigenvalue weighted by molar-refractivity contribution is 5.75. The lowest BCUT2D eigenvalue weighted by atomic mass is 10.2. The first kappa shape index (κ1) is 15.5. The zero-order valence-corrected chi connectivity index (χ0v) is 11.4. The van der Waals surface area contributed by atoms with Crippen molar-refractivity contribution in [2.75, 3.05) is 20.3 Å². The molecule has 1 aromatic carbocycles. The fourth-order valence-corrected chi connectivity index (χ4v) is 1.58. The van der Waals surface area contributed by atoms with Gasteiger partial charge in [0.1, 0.15) is 18.4 Å².